The summed E-state index contributed by atoms with van der Waals surface area (Å²) in [7, 11) is 0. The Morgan fingerprint density at radius 2 is 2.20 bits per heavy atom. The van der Waals surface area contributed by atoms with Crippen molar-refractivity contribution in [2.75, 3.05) is 0 Å². The standard InChI is InChI=1S/C10H13BrN2OS/c1-10(2,3)15(14)13-7-9-6-8(11)4-5-12-9/h4-7H,1-3H3/b13-7+. The van der Waals surface area contributed by atoms with Crippen molar-refractivity contribution in [2.45, 2.75) is 25.5 Å². The van der Waals surface area contributed by atoms with Crippen molar-refractivity contribution in [3.63, 3.8) is 0 Å². The number of aromatic nitrogens is 1. The topological polar surface area (TPSA) is 48.3 Å². The van der Waals surface area contributed by atoms with Crippen LogP contribution < -0.4 is 0 Å². The summed E-state index contributed by atoms with van der Waals surface area (Å²) in [5.74, 6) is 0. The van der Waals surface area contributed by atoms with Crippen LogP contribution in [-0.2, 0) is 11.4 Å². The largest absolute Gasteiger partial charge is 0.591 e. The molecule has 3 nitrogen and oxygen atoms in total. The monoisotopic (exact) mass is 288 g/mol. The lowest BCUT2D eigenvalue weighted by Gasteiger charge is -2.17. The molecule has 0 N–H and O–H groups in total. The van der Waals surface area contributed by atoms with Gasteiger partial charge >= 0.3 is 0 Å². The van der Waals surface area contributed by atoms with Crippen molar-refractivity contribution < 1.29 is 4.55 Å². The quantitative estimate of drug-likeness (QED) is 0.621. The molecule has 1 heterocycles. The lowest BCUT2D eigenvalue weighted by molar-refractivity contribution is 0.562. The zero-order chi connectivity index (χ0) is 11.5. The third kappa shape index (κ3) is 4.32. The molecule has 0 aliphatic heterocycles. The molecule has 0 fully saturated rings. The molecule has 5 heteroatoms. The van der Waals surface area contributed by atoms with Crippen LogP contribution in [0.25, 0.3) is 0 Å². The summed E-state index contributed by atoms with van der Waals surface area (Å²) in [5.41, 5.74) is 0.696. The van der Waals surface area contributed by atoms with Crippen molar-refractivity contribution in [3.05, 3.63) is 28.5 Å². The van der Waals surface area contributed by atoms with E-state index in [4.69, 9.17) is 0 Å². The Bertz CT molecular complexity index is 363. The maximum absolute atomic E-state index is 11.6. The van der Waals surface area contributed by atoms with Crippen molar-refractivity contribution in [3.8, 4) is 0 Å². The van der Waals surface area contributed by atoms with Crippen molar-refractivity contribution in [1.82, 2.24) is 4.98 Å². The molecule has 1 atom stereocenters. The molecule has 1 unspecified atom stereocenters. The van der Waals surface area contributed by atoms with Gasteiger partial charge in [0.15, 0.2) is 0 Å². The molecular weight excluding hydrogens is 276 g/mol. The molecule has 0 amide bonds. The van der Waals surface area contributed by atoms with Crippen molar-refractivity contribution >= 4 is 33.5 Å². The van der Waals surface area contributed by atoms with Crippen LogP contribution in [0.15, 0.2) is 27.2 Å². The Hall–Kier alpha value is -0.390. The minimum Gasteiger partial charge on any atom is -0.591 e. The van der Waals surface area contributed by atoms with Crippen molar-refractivity contribution in [1.29, 1.82) is 0 Å². The number of pyridine rings is 1. The van der Waals surface area contributed by atoms with Crippen LogP contribution in [0, 0.1) is 0 Å². The summed E-state index contributed by atoms with van der Waals surface area (Å²) in [5, 5.41) is 0. The number of rotatable bonds is 2. The van der Waals surface area contributed by atoms with Crippen LogP contribution in [0.3, 0.4) is 0 Å². The van der Waals surface area contributed by atoms with Gasteiger partial charge in [-0.15, -0.1) is 0 Å². The highest BCUT2D eigenvalue weighted by atomic mass is 79.9. The minimum absolute atomic E-state index is 0.331. The first kappa shape index (κ1) is 12.7. The van der Waals surface area contributed by atoms with Crippen molar-refractivity contribution in [2.24, 2.45) is 4.40 Å². The number of halogens is 1. The summed E-state index contributed by atoms with van der Waals surface area (Å²) in [6, 6.07) is 3.65. The van der Waals surface area contributed by atoms with Gasteiger partial charge in [-0.1, -0.05) is 20.3 Å². The lowest BCUT2D eigenvalue weighted by Crippen LogP contribution is -2.25. The predicted octanol–water partition coefficient (Wildman–Crippen LogP) is 2.73. The summed E-state index contributed by atoms with van der Waals surface area (Å²) in [6.45, 7) is 5.65. The molecule has 0 aliphatic rings. The Kier molecular flexibility index (Phi) is 4.31. The first-order valence-electron chi connectivity index (χ1n) is 4.47. The Morgan fingerprint density at radius 1 is 1.53 bits per heavy atom. The molecule has 1 rings (SSSR count). The fraction of sp³-hybridized carbons (Fsp3) is 0.400. The Labute approximate surface area is 101 Å². The van der Waals surface area contributed by atoms with E-state index in [0.717, 1.165) is 4.47 Å². The number of nitrogens with zero attached hydrogens (tertiary/aromatic N) is 2. The second-order valence-corrected chi connectivity index (χ2v) is 6.84. The van der Waals surface area contributed by atoms with Gasteiger partial charge in [-0.3, -0.25) is 4.98 Å². The molecule has 0 saturated heterocycles. The second kappa shape index (κ2) is 5.09. The van der Waals surface area contributed by atoms with Crippen LogP contribution >= 0.6 is 15.9 Å². The molecule has 1 aromatic heterocycles. The van der Waals surface area contributed by atoms with Gasteiger partial charge < -0.3 is 4.55 Å². The molecule has 0 radical (unpaired) electrons. The molecule has 0 saturated carbocycles. The smallest absolute Gasteiger partial charge is 0.144 e. The van der Waals surface area contributed by atoms with Gasteiger partial charge in [-0.25, -0.2) is 0 Å². The van der Waals surface area contributed by atoms with E-state index in [1.165, 1.54) is 6.21 Å². The zero-order valence-electron chi connectivity index (χ0n) is 8.90. The zero-order valence-corrected chi connectivity index (χ0v) is 11.3. The first-order chi connectivity index (χ1) is 6.89. The first-order valence-corrected chi connectivity index (χ1v) is 6.37. The van der Waals surface area contributed by atoms with E-state index in [-0.39, 0.29) is 4.75 Å². The Balaban J connectivity index is 2.74. The summed E-state index contributed by atoms with van der Waals surface area (Å²) in [6.07, 6.45) is 3.21. The third-order valence-corrected chi connectivity index (χ3v) is 3.39. The summed E-state index contributed by atoms with van der Waals surface area (Å²) in [4.78, 5) is 4.08. The molecule has 15 heavy (non-hydrogen) atoms. The van der Waals surface area contributed by atoms with Gasteiger partial charge in [0, 0.05) is 10.7 Å². The maximum Gasteiger partial charge on any atom is 0.144 e. The molecule has 0 aromatic carbocycles. The van der Waals surface area contributed by atoms with Gasteiger partial charge in [-0.05, 0) is 32.9 Å². The number of hydrogen-bond donors (Lipinski definition) is 0. The normalized spacial score (nSPS) is 14.5. The van der Waals surface area contributed by atoms with E-state index in [0.29, 0.717) is 5.69 Å². The van der Waals surface area contributed by atoms with Gasteiger partial charge in [0.05, 0.1) is 5.69 Å². The Morgan fingerprint density at radius 3 is 2.73 bits per heavy atom. The third-order valence-electron chi connectivity index (χ3n) is 1.55. The van der Waals surface area contributed by atoms with Gasteiger partial charge in [0.2, 0.25) is 0 Å². The van der Waals surface area contributed by atoms with Crippen LogP contribution in [0.1, 0.15) is 26.5 Å². The molecule has 0 aliphatic carbocycles. The number of hydrogen-bond acceptors (Lipinski definition) is 3. The molecule has 82 valence electrons. The van der Waals surface area contributed by atoms with Crippen LogP contribution in [0.4, 0.5) is 0 Å². The van der Waals surface area contributed by atoms with E-state index >= 15 is 0 Å². The minimum atomic E-state index is -1.23. The van der Waals surface area contributed by atoms with E-state index in [9.17, 15) is 4.55 Å². The lowest BCUT2D eigenvalue weighted by atomic mass is 10.3. The second-order valence-electron chi connectivity index (χ2n) is 3.99. The highest BCUT2D eigenvalue weighted by Crippen LogP contribution is 2.17. The average molecular weight is 289 g/mol. The average Bonchev–Trinajstić information content (AvgIpc) is 2.12. The SMILES string of the molecule is CC(C)(C)[S+]([O-])/N=C/c1cc(Br)ccn1. The van der Waals surface area contributed by atoms with E-state index in [2.05, 4.69) is 25.3 Å². The van der Waals surface area contributed by atoms with E-state index in [1.54, 1.807) is 6.20 Å². The fourth-order valence-electron chi connectivity index (χ4n) is 0.752. The van der Waals surface area contributed by atoms with Crippen LogP contribution in [-0.4, -0.2) is 20.5 Å². The van der Waals surface area contributed by atoms with Crippen LogP contribution in [0.5, 0.6) is 0 Å². The van der Waals surface area contributed by atoms with E-state index < -0.39 is 11.4 Å². The van der Waals surface area contributed by atoms with Crippen LogP contribution in [0.2, 0.25) is 0 Å². The van der Waals surface area contributed by atoms with Gasteiger partial charge in [-0.2, -0.15) is 0 Å². The highest BCUT2D eigenvalue weighted by molar-refractivity contribution is 9.10. The summed E-state index contributed by atoms with van der Waals surface area (Å²) < 4.78 is 16.2. The van der Waals surface area contributed by atoms with Gasteiger partial charge in [0.1, 0.15) is 22.3 Å². The molecular formula is C10H13BrN2OS. The molecule has 1 aromatic rings. The molecule has 0 bridgehead atoms. The maximum atomic E-state index is 11.6. The van der Waals surface area contributed by atoms with Gasteiger partial charge in [0.25, 0.3) is 0 Å². The highest BCUT2D eigenvalue weighted by Gasteiger charge is 2.25. The fourth-order valence-corrected chi connectivity index (χ4v) is 1.62. The van der Waals surface area contributed by atoms with E-state index in [1.807, 2.05) is 32.9 Å². The molecule has 0 spiro atoms. The summed E-state index contributed by atoms with van der Waals surface area (Å²) >= 11 is 2.10. The predicted molar refractivity (Wildman–Crippen MR) is 67.4 cm³/mol.